The summed E-state index contributed by atoms with van der Waals surface area (Å²) in [6, 6.07) is 4.46. The second kappa shape index (κ2) is 4.71. The van der Waals surface area contributed by atoms with E-state index >= 15 is 0 Å². The number of carbonyl (C=O) groups excluding carboxylic acids is 1. The van der Waals surface area contributed by atoms with E-state index in [0.717, 1.165) is 0 Å². The normalized spacial score (nSPS) is 19.8. The van der Waals surface area contributed by atoms with Gasteiger partial charge in [-0.25, -0.2) is 4.39 Å². The van der Waals surface area contributed by atoms with Gasteiger partial charge in [-0.2, -0.15) is 0 Å². The Labute approximate surface area is 98.6 Å². The van der Waals surface area contributed by atoms with Crippen LogP contribution in [0.4, 0.5) is 10.1 Å². The molecule has 1 saturated heterocycles. The number of hydrogen-bond donors (Lipinski definition) is 1. The minimum absolute atomic E-state index is 0.0418. The predicted molar refractivity (Wildman–Crippen MR) is 60.5 cm³/mol. The summed E-state index contributed by atoms with van der Waals surface area (Å²) in [6.45, 7) is 0.356. The Kier molecular flexibility index (Phi) is 3.28. The van der Waals surface area contributed by atoms with Crippen molar-refractivity contribution in [2.75, 3.05) is 25.2 Å². The first-order chi connectivity index (χ1) is 8.17. The van der Waals surface area contributed by atoms with Crippen molar-refractivity contribution in [1.29, 1.82) is 0 Å². The maximum atomic E-state index is 13.5. The number of halogens is 1. The summed E-state index contributed by atoms with van der Waals surface area (Å²) in [6.07, 6.45) is 0.288. The summed E-state index contributed by atoms with van der Waals surface area (Å²) in [7, 11) is 1.37. The fraction of sp³-hybridized carbons (Fsp3) is 0.417. The van der Waals surface area contributed by atoms with E-state index in [-0.39, 0.29) is 30.6 Å². The lowest BCUT2D eigenvalue weighted by atomic mass is 10.1. The molecule has 1 aromatic rings. The van der Waals surface area contributed by atoms with E-state index in [1.165, 1.54) is 24.1 Å². The number of ether oxygens (including phenoxy) is 1. The average molecular weight is 239 g/mol. The molecule has 0 aliphatic carbocycles. The van der Waals surface area contributed by atoms with Crippen LogP contribution in [-0.4, -0.2) is 31.3 Å². The third-order valence-corrected chi connectivity index (χ3v) is 2.90. The third kappa shape index (κ3) is 2.10. The molecule has 2 rings (SSSR count). The summed E-state index contributed by atoms with van der Waals surface area (Å²) in [5.74, 6) is -0.631. The molecule has 1 aromatic carbocycles. The molecule has 1 amide bonds. The standard InChI is InChI=1S/C12H14FNO3/c1-17-12-9(13)3-2-4-10(12)14-6-8(7-15)5-11(14)16/h2-4,8,15H,5-7H2,1H3. The monoisotopic (exact) mass is 239 g/mol. The van der Waals surface area contributed by atoms with Crippen LogP contribution < -0.4 is 9.64 Å². The lowest BCUT2D eigenvalue weighted by Crippen LogP contribution is -2.25. The van der Waals surface area contributed by atoms with Gasteiger partial charge in [0.25, 0.3) is 0 Å². The van der Waals surface area contributed by atoms with E-state index in [0.29, 0.717) is 12.2 Å². The number of anilines is 1. The lowest BCUT2D eigenvalue weighted by molar-refractivity contribution is -0.117. The van der Waals surface area contributed by atoms with Gasteiger partial charge in [0, 0.05) is 25.5 Å². The molecule has 1 N–H and O–H groups in total. The molecule has 1 atom stereocenters. The smallest absolute Gasteiger partial charge is 0.227 e. The SMILES string of the molecule is COc1c(F)cccc1N1CC(CO)CC1=O. The molecule has 4 nitrogen and oxygen atoms in total. The van der Waals surface area contributed by atoms with E-state index in [1.54, 1.807) is 6.07 Å². The van der Waals surface area contributed by atoms with Gasteiger partial charge < -0.3 is 14.7 Å². The van der Waals surface area contributed by atoms with Crippen LogP contribution in [0.1, 0.15) is 6.42 Å². The van der Waals surface area contributed by atoms with Gasteiger partial charge in [0.15, 0.2) is 11.6 Å². The average Bonchev–Trinajstić information content (AvgIpc) is 2.70. The number of aliphatic hydroxyl groups is 1. The molecule has 0 radical (unpaired) electrons. The first kappa shape index (κ1) is 11.9. The molecule has 5 heteroatoms. The second-order valence-corrected chi connectivity index (χ2v) is 4.05. The Hall–Kier alpha value is -1.62. The Balaban J connectivity index is 2.34. The van der Waals surface area contributed by atoms with Crippen LogP contribution in [0.2, 0.25) is 0 Å². The zero-order valence-electron chi connectivity index (χ0n) is 9.52. The van der Waals surface area contributed by atoms with E-state index in [4.69, 9.17) is 9.84 Å². The molecule has 17 heavy (non-hydrogen) atoms. The Morgan fingerprint density at radius 2 is 2.35 bits per heavy atom. The van der Waals surface area contributed by atoms with Gasteiger partial charge >= 0.3 is 0 Å². The minimum Gasteiger partial charge on any atom is -0.492 e. The highest BCUT2D eigenvalue weighted by atomic mass is 19.1. The topological polar surface area (TPSA) is 49.8 Å². The quantitative estimate of drug-likeness (QED) is 0.861. The molecule has 92 valence electrons. The molecular weight excluding hydrogens is 225 g/mol. The van der Waals surface area contributed by atoms with Crippen molar-refractivity contribution < 1.29 is 19.0 Å². The summed E-state index contributed by atoms with van der Waals surface area (Å²) in [5, 5.41) is 9.05. The number of carbonyl (C=O) groups is 1. The highest BCUT2D eigenvalue weighted by molar-refractivity contribution is 5.97. The van der Waals surface area contributed by atoms with Crippen molar-refractivity contribution in [2.45, 2.75) is 6.42 Å². The summed E-state index contributed by atoms with van der Waals surface area (Å²) in [4.78, 5) is 13.2. The maximum Gasteiger partial charge on any atom is 0.227 e. The van der Waals surface area contributed by atoms with E-state index < -0.39 is 5.82 Å². The maximum absolute atomic E-state index is 13.5. The minimum atomic E-state index is -0.495. The molecule has 1 heterocycles. The van der Waals surface area contributed by atoms with Gasteiger partial charge in [0.1, 0.15) is 0 Å². The highest BCUT2D eigenvalue weighted by Gasteiger charge is 2.32. The molecule has 0 saturated carbocycles. The van der Waals surface area contributed by atoms with Gasteiger partial charge in [-0.1, -0.05) is 6.07 Å². The molecule has 0 aromatic heterocycles. The fourth-order valence-corrected chi connectivity index (χ4v) is 2.05. The first-order valence-electron chi connectivity index (χ1n) is 5.41. The van der Waals surface area contributed by atoms with Crippen molar-refractivity contribution in [3.8, 4) is 5.75 Å². The van der Waals surface area contributed by atoms with Crippen LogP contribution in [0, 0.1) is 11.7 Å². The summed E-state index contributed by atoms with van der Waals surface area (Å²) in [5.41, 5.74) is 0.424. The van der Waals surface area contributed by atoms with Crippen LogP contribution in [0.5, 0.6) is 5.75 Å². The first-order valence-corrected chi connectivity index (χ1v) is 5.41. The zero-order chi connectivity index (χ0) is 12.4. The van der Waals surface area contributed by atoms with Crippen molar-refractivity contribution in [3.63, 3.8) is 0 Å². The molecule has 1 aliphatic rings. The molecule has 1 aliphatic heterocycles. The van der Waals surface area contributed by atoms with Crippen molar-refractivity contribution >= 4 is 11.6 Å². The zero-order valence-corrected chi connectivity index (χ0v) is 9.52. The largest absolute Gasteiger partial charge is 0.492 e. The lowest BCUT2D eigenvalue weighted by Gasteiger charge is -2.19. The summed E-state index contributed by atoms with van der Waals surface area (Å²) < 4.78 is 18.5. The van der Waals surface area contributed by atoms with Gasteiger partial charge in [0.2, 0.25) is 5.91 Å². The predicted octanol–water partition coefficient (Wildman–Crippen LogP) is 1.18. The van der Waals surface area contributed by atoms with E-state index in [2.05, 4.69) is 0 Å². The molecular formula is C12H14FNO3. The van der Waals surface area contributed by atoms with Crippen LogP contribution in [0.15, 0.2) is 18.2 Å². The molecule has 1 unspecified atom stereocenters. The molecule has 1 fully saturated rings. The van der Waals surface area contributed by atoms with Crippen molar-refractivity contribution in [3.05, 3.63) is 24.0 Å². The summed E-state index contributed by atoms with van der Waals surface area (Å²) >= 11 is 0. The number of rotatable bonds is 3. The fourth-order valence-electron chi connectivity index (χ4n) is 2.05. The number of methoxy groups -OCH3 is 1. The molecule has 0 bridgehead atoms. The van der Waals surface area contributed by atoms with E-state index in [9.17, 15) is 9.18 Å². The number of para-hydroxylation sites is 1. The van der Waals surface area contributed by atoms with Gasteiger partial charge in [-0.3, -0.25) is 4.79 Å². The second-order valence-electron chi connectivity index (χ2n) is 4.05. The van der Waals surface area contributed by atoms with Crippen molar-refractivity contribution in [1.82, 2.24) is 0 Å². The number of aliphatic hydroxyl groups excluding tert-OH is 1. The third-order valence-electron chi connectivity index (χ3n) is 2.90. The van der Waals surface area contributed by atoms with Gasteiger partial charge in [0.05, 0.1) is 12.8 Å². The van der Waals surface area contributed by atoms with Crippen LogP contribution in [0.3, 0.4) is 0 Å². The van der Waals surface area contributed by atoms with Crippen LogP contribution >= 0.6 is 0 Å². The van der Waals surface area contributed by atoms with Crippen LogP contribution in [-0.2, 0) is 4.79 Å². The number of hydrogen-bond acceptors (Lipinski definition) is 3. The highest BCUT2D eigenvalue weighted by Crippen LogP contribution is 2.34. The van der Waals surface area contributed by atoms with E-state index in [1.807, 2.05) is 0 Å². The number of benzene rings is 1. The Morgan fingerprint density at radius 3 is 2.94 bits per heavy atom. The van der Waals surface area contributed by atoms with Gasteiger partial charge in [-0.15, -0.1) is 0 Å². The van der Waals surface area contributed by atoms with Crippen LogP contribution in [0.25, 0.3) is 0 Å². The van der Waals surface area contributed by atoms with Crippen molar-refractivity contribution in [2.24, 2.45) is 5.92 Å². The Morgan fingerprint density at radius 1 is 1.59 bits per heavy atom. The Bertz CT molecular complexity index is 436. The molecule has 0 spiro atoms. The van der Waals surface area contributed by atoms with Gasteiger partial charge in [-0.05, 0) is 12.1 Å². The number of nitrogens with zero attached hydrogens (tertiary/aromatic N) is 1. The number of amides is 1.